The molecule has 0 saturated carbocycles. The van der Waals surface area contributed by atoms with E-state index < -0.39 is 16.1 Å². The van der Waals surface area contributed by atoms with Gasteiger partial charge in [0.1, 0.15) is 0 Å². The topological polar surface area (TPSA) is 98.2 Å². The SMILES string of the molecule is CC1(C)C2=C(C=CCC2)N(CCCCCC(=O)O)/C1=C/C=C1\CCCC(/C=C/C2=CN(CCCCS(=O)(=O)O)c3ccccc3C2(C)C)=C1Cl. The molecule has 0 atom stereocenters. The summed E-state index contributed by atoms with van der Waals surface area (Å²) in [4.78, 5) is 15.7. The first kappa shape index (κ1) is 37.9. The van der Waals surface area contributed by atoms with Gasteiger partial charge in [0.2, 0.25) is 0 Å². The number of allylic oxidation sites excluding steroid dienone is 11. The summed E-state index contributed by atoms with van der Waals surface area (Å²) >= 11 is 7.18. The third-order valence-electron chi connectivity index (χ3n) is 10.7. The second-order valence-corrected chi connectivity index (χ2v) is 16.9. The predicted octanol–water partition coefficient (Wildman–Crippen LogP) is 9.97. The summed E-state index contributed by atoms with van der Waals surface area (Å²) in [5.74, 6) is -0.965. The van der Waals surface area contributed by atoms with Crippen molar-refractivity contribution in [1.82, 2.24) is 4.90 Å². The minimum absolute atomic E-state index is 0.0979. The highest BCUT2D eigenvalue weighted by molar-refractivity contribution is 7.85. The Kier molecular flexibility index (Phi) is 12.1. The van der Waals surface area contributed by atoms with Gasteiger partial charge in [0.05, 0.1) is 5.75 Å². The molecule has 4 aliphatic rings. The van der Waals surface area contributed by atoms with Crippen LogP contribution in [0.4, 0.5) is 5.69 Å². The standard InChI is InChI=1S/C41H53ClN2O5S/c1-40(2)32(29-43(26-12-13-28-50(47,48)49)35-19-9-7-17-33(35)40)24-22-30-15-14-16-31(39(30)42)23-25-37-41(3,4)34-18-8-10-20-36(34)44(37)27-11-5-6-21-38(45)46/h7,9-10,17,19-20,22-25,29H,5-6,8,11-16,18,21,26-28H2,1-4H3,(H,45,46)(H,47,48,49)/b24-22+,31-23+,37-25+. The average Bonchev–Trinajstić information content (AvgIpc) is 3.27. The molecular formula is C41H53ClN2O5S. The highest BCUT2D eigenvalue weighted by Gasteiger charge is 2.41. The molecule has 0 bridgehead atoms. The van der Waals surface area contributed by atoms with E-state index in [9.17, 15) is 17.8 Å². The largest absolute Gasteiger partial charge is 0.481 e. The normalized spacial score (nSPS) is 21.8. The second-order valence-electron chi connectivity index (χ2n) is 15.0. The molecule has 2 N–H and O–H groups in total. The molecule has 0 unspecified atom stereocenters. The van der Waals surface area contributed by atoms with Crippen LogP contribution in [0.3, 0.4) is 0 Å². The molecule has 2 aliphatic carbocycles. The average molecular weight is 721 g/mol. The molecule has 270 valence electrons. The third kappa shape index (κ3) is 8.75. The van der Waals surface area contributed by atoms with E-state index in [4.69, 9.17) is 16.7 Å². The Morgan fingerprint density at radius 2 is 1.70 bits per heavy atom. The van der Waals surface area contributed by atoms with Gasteiger partial charge in [-0.15, -0.1) is 0 Å². The van der Waals surface area contributed by atoms with E-state index in [1.165, 1.54) is 22.5 Å². The summed E-state index contributed by atoms with van der Waals surface area (Å²) in [5.41, 5.74) is 9.46. The fourth-order valence-electron chi connectivity index (χ4n) is 7.81. The molecule has 0 radical (unpaired) electrons. The summed E-state index contributed by atoms with van der Waals surface area (Å²) in [6.45, 7) is 10.6. The number of aliphatic carboxylic acids is 1. The van der Waals surface area contributed by atoms with Gasteiger partial charge in [-0.3, -0.25) is 9.35 Å². The molecule has 7 nitrogen and oxygen atoms in total. The van der Waals surface area contributed by atoms with Gasteiger partial charge in [0.25, 0.3) is 10.1 Å². The summed E-state index contributed by atoms with van der Waals surface area (Å²) < 4.78 is 31.7. The lowest BCUT2D eigenvalue weighted by molar-refractivity contribution is -0.137. The van der Waals surface area contributed by atoms with E-state index in [2.05, 4.69) is 98.3 Å². The van der Waals surface area contributed by atoms with Crippen molar-refractivity contribution in [1.29, 1.82) is 0 Å². The Balaban J connectivity index is 1.38. The molecule has 0 amide bonds. The van der Waals surface area contributed by atoms with E-state index in [1.807, 2.05) is 6.07 Å². The van der Waals surface area contributed by atoms with Crippen LogP contribution in [0.2, 0.25) is 0 Å². The number of unbranched alkanes of at least 4 members (excludes halogenated alkanes) is 3. The number of para-hydroxylation sites is 1. The van der Waals surface area contributed by atoms with E-state index in [0.29, 0.717) is 25.8 Å². The minimum Gasteiger partial charge on any atom is -0.481 e. The molecular weight excluding hydrogens is 668 g/mol. The highest BCUT2D eigenvalue weighted by atomic mass is 35.5. The molecule has 2 aliphatic heterocycles. The summed E-state index contributed by atoms with van der Waals surface area (Å²) in [7, 11) is -3.97. The maximum absolute atomic E-state index is 11.3. The lowest BCUT2D eigenvalue weighted by atomic mass is 9.74. The van der Waals surface area contributed by atoms with Gasteiger partial charge in [0.15, 0.2) is 0 Å². The van der Waals surface area contributed by atoms with Crippen molar-refractivity contribution in [3.05, 3.63) is 111 Å². The smallest absolute Gasteiger partial charge is 0.303 e. The molecule has 1 aromatic rings. The number of benzene rings is 1. The van der Waals surface area contributed by atoms with E-state index in [-0.39, 0.29) is 23.0 Å². The van der Waals surface area contributed by atoms with Gasteiger partial charge in [-0.1, -0.05) is 88.2 Å². The van der Waals surface area contributed by atoms with Gasteiger partial charge in [-0.2, -0.15) is 8.42 Å². The number of halogens is 1. The maximum Gasteiger partial charge on any atom is 0.303 e. The first-order valence-electron chi connectivity index (χ1n) is 18.1. The quantitative estimate of drug-likeness (QED) is 0.146. The van der Waals surface area contributed by atoms with Crippen LogP contribution in [0.1, 0.15) is 104 Å². The van der Waals surface area contributed by atoms with E-state index >= 15 is 0 Å². The van der Waals surface area contributed by atoms with Crippen LogP contribution < -0.4 is 4.90 Å². The van der Waals surface area contributed by atoms with Crippen LogP contribution in [0, 0.1) is 5.41 Å². The molecule has 50 heavy (non-hydrogen) atoms. The number of hydrogen-bond acceptors (Lipinski definition) is 5. The van der Waals surface area contributed by atoms with Gasteiger partial charge in [0, 0.05) is 58.7 Å². The number of carboxylic acid groups (broad SMARTS) is 1. The summed E-state index contributed by atoms with van der Waals surface area (Å²) in [6.07, 6.45) is 24.3. The summed E-state index contributed by atoms with van der Waals surface area (Å²) in [6, 6.07) is 8.36. The Labute approximate surface area is 304 Å². The second kappa shape index (κ2) is 15.9. The van der Waals surface area contributed by atoms with Gasteiger partial charge in [-0.25, -0.2) is 0 Å². The van der Waals surface area contributed by atoms with Gasteiger partial charge >= 0.3 is 5.97 Å². The van der Waals surface area contributed by atoms with Crippen molar-refractivity contribution >= 4 is 33.4 Å². The molecule has 9 heteroatoms. The van der Waals surface area contributed by atoms with Crippen LogP contribution in [0.25, 0.3) is 0 Å². The zero-order valence-electron chi connectivity index (χ0n) is 30.1. The Morgan fingerprint density at radius 1 is 0.940 bits per heavy atom. The van der Waals surface area contributed by atoms with Gasteiger partial charge in [-0.05, 0) is 104 Å². The molecule has 0 saturated heterocycles. The van der Waals surface area contributed by atoms with Crippen LogP contribution in [0.5, 0.6) is 0 Å². The van der Waals surface area contributed by atoms with Crippen molar-refractivity contribution in [2.75, 3.05) is 23.7 Å². The molecule has 2 heterocycles. The number of fused-ring (bicyclic) bond motifs is 1. The highest BCUT2D eigenvalue weighted by Crippen LogP contribution is 2.51. The van der Waals surface area contributed by atoms with Crippen LogP contribution in [0.15, 0.2) is 106 Å². The fraction of sp³-hybridized carbons (Fsp3) is 0.488. The molecule has 0 fully saturated rings. The Hall–Kier alpha value is -3.33. The third-order valence-corrected chi connectivity index (χ3v) is 12.0. The summed E-state index contributed by atoms with van der Waals surface area (Å²) in [5, 5.41) is 9.88. The van der Waals surface area contributed by atoms with Gasteiger partial charge < -0.3 is 14.9 Å². The zero-order valence-corrected chi connectivity index (χ0v) is 31.6. The zero-order chi connectivity index (χ0) is 36.1. The number of rotatable bonds is 14. The van der Waals surface area contributed by atoms with Crippen molar-refractivity contribution in [2.45, 2.75) is 104 Å². The number of carboxylic acids is 1. The fourth-order valence-corrected chi connectivity index (χ4v) is 8.69. The maximum atomic E-state index is 11.3. The number of nitrogens with zero attached hydrogens (tertiary/aromatic N) is 2. The lowest BCUT2D eigenvalue weighted by Gasteiger charge is -2.39. The van der Waals surface area contributed by atoms with Crippen molar-refractivity contribution in [2.24, 2.45) is 5.41 Å². The van der Waals surface area contributed by atoms with E-state index in [0.717, 1.165) is 78.9 Å². The molecule has 0 spiro atoms. The number of anilines is 1. The monoisotopic (exact) mass is 720 g/mol. The number of hydrogen-bond donors (Lipinski definition) is 2. The van der Waals surface area contributed by atoms with Crippen LogP contribution in [-0.2, 0) is 20.3 Å². The van der Waals surface area contributed by atoms with Crippen LogP contribution in [-0.4, -0.2) is 47.8 Å². The molecule has 0 aromatic heterocycles. The Morgan fingerprint density at radius 3 is 2.46 bits per heavy atom. The first-order valence-corrected chi connectivity index (χ1v) is 20.1. The molecule has 5 rings (SSSR count). The minimum atomic E-state index is -3.97. The van der Waals surface area contributed by atoms with Crippen molar-refractivity contribution in [3.63, 3.8) is 0 Å². The van der Waals surface area contributed by atoms with E-state index in [1.54, 1.807) is 0 Å². The van der Waals surface area contributed by atoms with Crippen LogP contribution >= 0.6 is 11.6 Å². The lowest BCUT2D eigenvalue weighted by Crippen LogP contribution is -2.32. The number of carbonyl (C=O) groups is 1. The van der Waals surface area contributed by atoms with Crippen molar-refractivity contribution in [3.8, 4) is 0 Å². The first-order chi connectivity index (χ1) is 23.7. The molecule has 1 aromatic carbocycles. The van der Waals surface area contributed by atoms with Crippen molar-refractivity contribution < 1.29 is 22.9 Å². The Bertz CT molecular complexity index is 1790. The predicted molar refractivity (Wildman–Crippen MR) is 205 cm³/mol.